The number of nitrogens with zero attached hydrogens (tertiary/aromatic N) is 1. The van der Waals surface area contributed by atoms with Crippen molar-refractivity contribution < 1.29 is 4.57 Å². The van der Waals surface area contributed by atoms with Crippen LogP contribution >= 0.6 is 0 Å². The quantitative estimate of drug-likeness (QED) is 0.723. The van der Waals surface area contributed by atoms with Gasteiger partial charge in [0.1, 0.15) is 0 Å². The standard InChI is InChI=1S/C17H20N/c1-2-7-15(8-3-1)12-14-18-13-6-10-16-9-4-5-11-17(16)18/h1-3,6-8,10,13H,4-5,9,11-12,14H2/q+1. The van der Waals surface area contributed by atoms with E-state index in [0.29, 0.717) is 0 Å². The van der Waals surface area contributed by atoms with Crippen LogP contribution < -0.4 is 4.57 Å². The van der Waals surface area contributed by atoms with E-state index in [0.717, 1.165) is 13.0 Å². The van der Waals surface area contributed by atoms with Crippen LogP contribution in [0.1, 0.15) is 29.7 Å². The minimum absolute atomic E-state index is 1.10. The van der Waals surface area contributed by atoms with E-state index < -0.39 is 0 Å². The number of fused-ring (bicyclic) bond motifs is 1. The van der Waals surface area contributed by atoms with Crippen molar-refractivity contribution in [3.05, 3.63) is 65.5 Å². The molecule has 18 heavy (non-hydrogen) atoms. The molecule has 1 aromatic carbocycles. The van der Waals surface area contributed by atoms with Crippen LogP contribution in [0.3, 0.4) is 0 Å². The van der Waals surface area contributed by atoms with E-state index in [1.165, 1.54) is 31.2 Å². The van der Waals surface area contributed by atoms with Crippen LogP contribution in [0.4, 0.5) is 0 Å². The van der Waals surface area contributed by atoms with E-state index in [9.17, 15) is 0 Å². The van der Waals surface area contributed by atoms with Crippen LogP contribution in [0.15, 0.2) is 48.7 Å². The molecule has 0 atom stereocenters. The lowest BCUT2D eigenvalue weighted by Gasteiger charge is -2.13. The summed E-state index contributed by atoms with van der Waals surface area (Å²) >= 11 is 0. The summed E-state index contributed by atoms with van der Waals surface area (Å²) in [4.78, 5) is 0. The molecule has 0 bridgehead atoms. The second kappa shape index (κ2) is 5.34. The highest BCUT2D eigenvalue weighted by Crippen LogP contribution is 2.17. The maximum absolute atomic E-state index is 2.46. The fourth-order valence-electron chi connectivity index (χ4n) is 2.88. The van der Waals surface area contributed by atoms with Gasteiger partial charge in [0.05, 0.1) is 0 Å². The van der Waals surface area contributed by atoms with Crippen LogP contribution in [0.25, 0.3) is 0 Å². The second-order valence-electron chi connectivity index (χ2n) is 5.12. The second-order valence-corrected chi connectivity index (χ2v) is 5.12. The first-order valence-corrected chi connectivity index (χ1v) is 6.97. The topological polar surface area (TPSA) is 3.88 Å². The zero-order chi connectivity index (χ0) is 12.2. The summed E-state index contributed by atoms with van der Waals surface area (Å²) in [5, 5.41) is 0. The molecule has 0 radical (unpaired) electrons. The van der Waals surface area contributed by atoms with Gasteiger partial charge in [-0.15, -0.1) is 0 Å². The third kappa shape index (κ3) is 2.45. The third-order valence-corrected chi connectivity index (χ3v) is 3.87. The van der Waals surface area contributed by atoms with Crippen molar-refractivity contribution >= 4 is 0 Å². The number of hydrogen-bond acceptors (Lipinski definition) is 0. The molecule has 1 heterocycles. The van der Waals surface area contributed by atoms with Gasteiger partial charge in [-0.2, -0.15) is 0 Å². The van der Waals surface area contributed by atoms with E-state index in [2.05, 4.69) is 53.2 Å². The Morgan fingerprint density at radius 1 is 0.889 bits per heavy atom. The maximum atomic E-state index is 2.46. The molecule has 1 heteroatoms. The molecule has 1 aliphatic rings. The summed E-state index contributed by atoms with van der Waals surface area (Å²) in [5.74, 6) is 0. The van der Waals surface area contributed by atoms with Crippen molar-refractivity contribution in [2.75, 3.05) is 0 Å². The lowest BCUT2D eigenvalue weighted by atomic mass is 9.95. The van der Waals surface area contributed by atoms with Crippen LogP contribution in [0, 0.1) is 0 Å². The van der Waals surface area contributed by atoms with Crippen LogP contribution in [0.2, 0.25) is 0 Å². The van der Waals surface area contributed by atoms with E-state index in [1.807, 2.05) is 0 Å². The normalized spacial score (nSPS) is 14.2. The molecule has 0 unspecified atom stereocenters. The van der Waals surface area contributed by atoms with Crippen molar-refractivity contribution in [1.82, 2.24) is 0 Å². The SMILES string of the molecule is c1ccc(CC[n+]2cccc3c2CCCC3)cc1. The van der Waals surface area contributed by atoms with E-state index in [-0.39, 0.29) is 0 Å². The number of aromatic nitrogens is 1. The first-order chi connectivity index (χ1) is 8.93. The average Bonchev–Trinajstić information content (AvgIpc) is 2.46. The number of pyridine rings is 1. The first-order valence-electron chi connectivity index (χ1n) is 6.97. The molecule has 0 spiro atoms. The third-order valence-electron chi connectivity index (χ3n) is 3.87. The molecule has 0 aliphatic heterocycles. The van der Waals surface area contributed by atoms with E-state index in [4.69, 9.17) is 0 Å². The summed E-state index contributed by atoms with van der Waals surface area (Å²) in [6.07, 6.45) is 8.60. The van der Waals surface area contributed by atoms with Gasteiger partial charge in [-0.1, -0.05) is 30.3 Å². The van der Waals surface area contributed by atoms with Gasteiger partial charge in [-0.05, 0) is 30.9 Å². The maximum Gasteiger partial charge on any atom is 0.184 e. The van der Waals surface area contributed by atoms with Crippen molar-refractivity contribution in [2.24, 2.45) is 0 Å². The van der Waals surface area contributed by atoms with Gasteiger partial charge in [0.25, 0.3) is 0 Å². The Kier molecular flexibility index (Phi) is 3.40. The smallest absolute Gasteiger partial charge is 0.184 e. The molecule has 2 aromatic rings. The molecule has 0 saturated carbocycles. The van der Waals surface area contributed by atoms with Crippen molar-refractivity contribution in [2.45, 2.75) is 38.6 Å². The average molecular weight is 238 g/mol. The number of hydrogen-bond donors (Lipinski definition) is 0. The Labute approximate surface area is 109 Å². The number of rotatable bonds is 3. The Balaban J connectivity index is 1.77. The molecule has 1 aliphatic carbocycles. The Bertz CT molecular complexity index is 516. The van der Waals surface area contributed by atoms with Gasteiger partial charge in [0, 0.05) is 24.5 Å². The zero-order valence-corrected chi connectivity index (χ0v) is 10.8. The van der Waals surface area contributed by atoms with Crippen molar-refractivity contribution in [1.29, 1.82) is 0 Å². The molecule has 0 fully saturated rings. The minimum Gasteiger partial charge on any atom is -0.202 e. The Morgan fingerprint density at radius 3 is 2.61 bits per heavy atom. The molecule has 0 N–H and O–H groups in total. The molecular formula is C17H20N+. The highest BCUT2D eigenvalue weighted by Gasteiger charge is 2.18. The van der Waals surface area contributed by atoms with E-state index in [1.54, 1.807) is 11.3 Å². The molecule has 3 rings (SSSR count). The molecular weight excluding hydrogens is 218 g/mol. The number of benzene rings is 1. The summed E-state index contributed by atoms with van der Waals surface area (Å²) < 4.78 is 2.46. The van der Waals surface area contributed by atoms with Gasteiger partial charge < -0.3 is 0 Å². The van der Waals surface area contributed by atoms with Gasteiger partial charge in [-0.25, -0.2) is 4.57 Å². The van der Waals surface area contributed by atoms with E-state index >= 15 is 0 Å². The highest BCUT2D eigenvalue weighted by molar-refractivity contribution is 5.18. The fourth-order valence-corrected chi connectivity index (χ4v) is 2.88. The zero-order valence-electron chi connectivity index (χ0n) is 10.8. The lowest BCUT2D eigenvalue weighted by molar-refractivity contribution is -0.704. The predicted molar refractivity (Wildman–Crippen MR) is 73.4 cm³/mol. The lowest BCUT2D eigenvalue weighted by Crippen LogP contribution is -2.41. The Morgan fingerprint density at radius 2 is 1.72 bits per heavy atom. The molecule has 0 amide bonds. The van der Waals surface area contributed by atoms with Crippen molar-refractivity contribution in [3.8, 4) is 0 Å². The van der Waals surface area contributed by atoms with Crippen LogP contribution in [0.5, 0.6) is 0 Å². The summed E-state index contributed by atoms with van der Waals surface area (Å²) in [6, 6.07) is 15.3. The van der Waals surface area contributed by atoms with Crippen molar-refractivity contribution in [3.63, 3.8) is 0 Å². The van der Waals surface area contributed by atoms with Gasteiger partial charge in [0.2, 0.25) is 0 Å². The van der Waals surface area contributed by atoms with Gasteiger partial charge in [-0.3, -0.25) is 0 Å². The minimum atomic E-state index is 1.10. The molecule has 1 nitrogen and oxygen atoms in total. The molecule has 92 valence electrons. The molecule has 0 saturated heterocycles. The van der Waals surface area contributed by atoms with Crippen LogP contribution in [-0.4, -0.2) is 0 Å². The monoisotopic (exact) mass is 238 g/mol. The summed E-state index contributed by atoms with van der Waals surface area (Å²) in [7, 11) is 0. The number of aryl methyl sites for hydroxylation is 3. The largest absolute Gasteiger partial charge is 0.202 e. The van der Waals surface area contributed by atoms with Gasteiger partial charge >= 0.3 is 0 Å². The van der Waals surface area contributed by atoms with Crippen LogP contribution in [-0.2, 0) is 25.8 Å². The summed E-state index contributed by atoms with van der Waals surface area (Å²) in [6.45, 7) is 1.10. The predicted octanol–water partition coefficient (Wildman–Crippen LogP) is 3.10. The Hall–Kier alpha value is -1.63. The summed E-state index contributed by atoms with van der Waals surface area (Å²) in [5.41, 5.74) is 4.56. The first kappa shape index (κ1) is 11.5. The highest BCUT2D eigenvalue weighted by atomic mass is 15.0. The molecule has 1 aromatic heterocycles. The fraction of sp³-hybridized carbons (Fsp3) is 0.353. The van der Waals surface area contributed by atoms with Gasteiger partial charge in [0.15, 0.2) is 18.4 Å².